The molecule has 1 aliphatic rings. The number of hydrogen-bond acceptors (Lipinski definition) is 3. The summed E-state index contributed by atoms with van der Waals surface area (Å²) in [7, 11) is 3.65. The number of methoxy groups -OCH3 is 1. The van der Waals surface area contributed by atoms with Crippen LogP contribution >= 0.6 is 0 Å². The number of ether oxygens (including phenoxy) is 1. The molecule has 0 spiro atoms. The molecule has 0 aliphatic carbocycles. The summed E-state index contributed by atoms with van der Waals surface area (Å²) in [6.45, 7) is 5.20. The average molecular weight is 280 g/mol. The molecule has 4 heteroatoms. The lowest BCUT2D eigenvalue weighted by Gasteiger charge is -2.32. The van der Waals surface area contributed by atoms with Gasteiger partial charge in [0.1, 0.15) is 11.6 Å². The Kier molecular flexibility index (Phi) is 5.38. The van der Waals surface area contributed by atoms with E-state index < -0.39 is 0 Å². The molecule has 2 atom stereocenters. The van der Waals surface area contributed by atoms with Crippen molar-refractivity contribution in [3.05, 3.63) is 29.6 Å². The van der Waals surface area contributed by atoms with Crippen LogP contribution in [-0.2, 0) is 0 Å². The van der Waals surface area contributed by atoms with Crippen LogP contribution in [0.5, 0.6) is 5.75 Å². The van der Waals surface area contributed by atoms with E-state index in [1.54, 1.807) is 13.2 Å². The summed E-state index contributed by atoms with van der Waals surface area (Å²) in [6.07, 6.45) is 2.48. The molecule has 0 aromatic heterocycles. The van der Waals surface area contributed by atoms with Crippen LogP contribution in [0.3, 0.4) is 0 Å². The van der Waals surface area contributed by atoms with E-state index in [0.717, 1.165) is 19.6 Å². The molecule has 3 nitrogen and oxygen atoms in total. The summed E-state index contributed by atoms with van der Waals surface area (Å²) < 4.78 is 19.4. The van der Waals surface area contributed by atoms with Crippen molar-refractivity contribution in [1.29, 1.82) is 0 Å². The van der Waals surface area contributed by atoms with Gasteiger partial charge in [0.25, 0.3) is 0 Å². The van der Waals surface area contributed by atoms with Crippen LogP contribution in [0.1, 0.15) is 31.4 Å². The van der Waals surface area contributed by atoms with Gasteiger partial charge in [-0.2, -0.15) is 0 Å². The minimum atomic E-state index is -0.189. The smallest absolute Gasteiger partial charge is 0.131 e. The Hall–Kier alpha value is -1.13. The van der Waals surface area contributed by atoms with Gasteiger partial charge in [0.05, 0.1) is 7.11 Å². The molecule has 1 N–H and O–H groups in total. The third-order valence-corrected chi connectivity index (χ3v) is 4.26. The highest BCUT2D eigenvalue weighted by atomic mass is 19.1. The lowest BCUT2D eigenvalue weighted by Crippen LogP contribution is -2.37. The zero-order chi connectivity index (χ0) is 14.5. The van der Waals surface area contributed by atoms with Gasteiger partial charge in [0, 0.05) is 18.2 Å². The summed E-state index contributed by atoms with van der Waals surface area (Å²) in [5, 5.41) is 3.43. The number of piperidine rings is 1. The highest BCUT2D eigenvalue weighted by Crippen LogP contribution is 2.31. The monoisotopic (exact) mass is 280 g/mol. The van der Waals surface area contributed by atoms with Gasteiger partial charge in [0.15, 0.2) is 0 Å². The van der Waals surface area contributed by atoms with Crippen molar-refractivity contribution in [2.24, 2.45) is 5.92 Å². The Balaban J connectivity index is 2.07. The fraction of sp³-hybridized carbons (Fsp3) is 0.625. The standard InChI is InChI=1S/C16H25FN2O/c1-12(16-14(17)7-4-8-15(16)20-3)19(2)11-13-6-5-9-18-10-13/h4,7-8,12-13,18H,5-6,9-11H2,1-3H3. The number of hydrogen-bond donors (Lipinski definition) is 1. The summed E-state index contributed by atoms with van der Waals surface area (Å²) in [5.41, 5.74) is 0.654. The van der Waals surface area contributed by atoms with Crippen LogP contribution in [0.2, 0.25) is 0 Å². The Morgan fingerprint density at radius 3 is 2.95 bits per heavy atom. The number of halogens is 1. The molecule has 1 fully saturated rings. The predicted molar refractivity (Wildman–Crippen MR) is 79.6 cm³/mol. The maximum Gasteiger partial charge on any atom is 0.131 e. The topological polar surface area (TPSA) is 24.5 Å². The van der Waals surface area contributed by atoms with Crippen LogP contribution < -0.4 is 10.1 Å². The minimum absolute atomic E-state index is 0.00748. The minimum Gasteiger partial charge on any atom is -0.496 e. The molecule has 0 saturated carbocycles. The summed E-state index contributed by atoms with van der Waals surface area (Å²) in [4.78, 5) is 2.22. The SMILES string of the molecule is COc1cccc(F)c1C(C)N(C)CC1CCCNC1. The zero-order valence-corrected chi connectivity index (χ0v) is 12.7. The predicted octanol–water partition coefficient (Wildman–Crippen LogP) is 2.83. The van der Waals surface area contributed by atoms with Crippen LogP contribution in [0, 0.1) is 11.7 Å². The zero-order valence-electron chi connectivity index (χ0n) is 12.7. The number of nitrogens with zero attached hydrogens (tertiary/aromatic N) is 1. The maximum absolute atomic E-state index is 14.1. The number of benzene rings is 1. The molecule has 1 saturated heterocycles. The molecule has 1 aromatic carbocycles. The van der Waals surface area contributed by atoms with E-state index in [4.69, 9.17) is 4.74 Å². The molecule has 20 heavy (non-hydrogen) atoms. The largest absolute Gasteiger partial charge is 0.496 e. The van der Waals surface area contributed by atoms with Crippen molar-refractivity contribution in [2.45, 2.75) is 25.8 Å². The third-order valence-electron chi connectivity index (χ3n) is 4.26. The fourth-order valence-corrected chi connectivity index (χ4v) is 2.97. The molecule has 2 rings (SSSR count). The van der Waals surface area contributed by atoms with Crippen LogP contribution in [0.15, 0.2) is 18.2 Å². The molecule has 1 aromatic rings. The second-order valence-corrected chi connectivity index (χ2v) is 5.68. The number of nitrogens with one attached hydrogen (secondary N) is 1. The maximum atomic E-state index is 14.1. The van der Waals surface area contributed by atoms with Gasteiger partial charge in [-0.15, -0.1) is 0 Å². The van der Waals surface area contributed by atoms with E-state index in [1.807, 2.05) is 13.0 Å². The first-order valence-corrected chi connectivity index (χ1v) is 7.36. The molecule has 1 heterocycles. The Morgan fingerprint density at radius 2 is 2.30 bits per heavy atom. The van der Waals surface area contributed by atoms with E-state index in [1.165, 1.54) is 18.9 Å². The number of rotatable bonds is 5. The van der Waals surface area contributed by atoms with Crippen molar-refractivity contribution in [3.8, 4) is 5.75 Å². The molecule has 1 aliphatic heterocycles. The second kappa shape index (κ2) is 7.04. The normalized spacial score (nSPS) is 20.9. The summed E-state index contributed by atoms with van der Waals surface area (Å²) in [5.74, 6) is 1.09. The molecule has 0 radical (unpaired) electrons. The quantitative estimate of drug-likeness (QED) is 0.897. The van der Waals surface area contributed by atoms with E-state index in [0.29, 0.717) is 17.2 Å². The highest BCUT2D eigenvalue weighted by Gasteiger charge is 2.23. The fourth-order valence-electron chi connectivity index (χ4n) is 2.97. The van der Waals surface area contributed by atoms with Gasteiger partial charge in [-0.25, -0.2) is 4.39 Å². The van der Waals surface area contributed by atoms with Crippen molar-refractivity contribution in [1.82, 2.24) is 10.2 Å². The van der Waals surface area contributed by atoms with Gasteiger partial charge in [-0.05, 0) is 58.0 Å². The Labute approximate surface area is 121 Å². The van der Waals surface area contributed by atoms with Crippen molar-refractivity contribution in [2.75, 3.05) is 33.8 Å². The molecular weight excluding hydrogens is 255 g/mol. The van der Waals surface area contributed by atoms with Gasteiger partial charge >= 0.3 is 0 Å². The lowest BCUT2D eigenvalue weighted by atomic mass is 9.97. The first-order valence-electron chi connectivity index (χ1n) is 7.36. The first kappa shape index (κ1) is 15.3. The third kappa shape index (κ3) is 3.49. The van der Waals surface area contributed by atoms with Gasteiger partial charge in [-0.1, -0.05) is 6.07 Å². The average Bonchev–Trinajstić information content (AvgIpc) is 2.47. The molecule has 0 bridgehead atoms. The summed E-state index contributed by atoms with van der Waals surface area (Å²) >= 11 is 0. The highest BCUT2D eigenvalue weighted by molar-refractivity contribution is 5.36. The van der Waals surface area contributed by atoms with E-state index in [-0.39, 0.29) is 11.9 Å². The van der Waals surface area contributed by atoms with E-state index in [9.17, 15) is 4.39 Å². The first-order chi connectivity index (χ1) is 9.63. The van der Waals surface area contributed by atoms with Crippen molar-refractivity contribution >= 4 is 0 Å². The van der Waals surface area contributed by atoms with Gasteiger partial charge < -0.3 is 10.1 Å². The van der Waals surface area contributed by atoms with E-state index >= 15 is 0 Å². The summed E-state index contributed by atoms with van der Waals surface area (Å²) in [6, 6.07) is 5.03. The van der Waals surface area contributed by atoms with E-state index in [2.05, 4.69) is 17.3 Å². The second-order valence-electron chi connectivity index (χ2n) is 5.68. The van der Waals surface area contributed by atoms with Crippen molar-refractivity contribution < 1.29 is 9.13 Å². The van der Waals surface area contributed by atoms with Crippen LogP contribution in [0.4, 0.5) is 4.39 Å². The Bertz CT molecular complexity index is 432. The van der Waals surface area contributed by atoms with Crippen LogP contribution in [-0.4, -0.2) is 38.7 Å². The molecule has 0 amide bonds. The molecular formula is C16H25FN2O. The molecule has 2 unspecified atom stereocenters. The van der Waals surface area contributed by atoms with Crippen molar-refractivity contribution in [3.63, 3.8) is 0 Å². The van der Waals surface area contributed by atoms with Gasteiger partial charge in [0.2, 0.25) is 0 Å². The Morgan fingerprint density at radius 1 is 1.50 bits per heavy atom. The van der Waals surface area contributed by atoms with Gasteiger partial charge in [-0.3, -0.25) is 4.90 Å². The lowest BCUT2D eigenvalue weighted by molar-refractivity contribution is 0.193. The molecule has 112 valence electrons. The van der Waals surface area contributed by atoms with Crippen LogP contribution in [0.25, 0.3) is 0 Å².